The molecular formula is C13H8F4. The van der Waals surface area contributed by atoms with Gasteiger partial charge in [0.25, 0.3) is 0 Å². The van der Waals surface area contributed by atoms with Crippen LogP contribution in [0.5, 0.6) is 0 Å². The Labute approximate surface area is 95.5 Å². The summed E-state index contributed by atoms with van der Waals surface area (Å²) >= 11 is 0. The van der Waals surface area contributed by atoms with Crippen LogP contribution < -0.4 is 0 Å². The Bertz CT molecular complexity index is 515. The second kappa shape index (κ2) is 4.20. The minimum atomic E-state index is -4.70. The predicted octanol–water partition coefficient (Wildman–Crippen LogP) is 4.51. The lowest BCUT2D eigenvalue weighted by Crippen LogP contribution is -2.10. The molecule has 88 valence electrons. The highest BCUT2D eigenvalue weighted by atomic mass is 19.4. The van der Waals surface area contributed by atoms with Gasteiger partial charge in [0.15, 0.2) is 0 Å². The van der Waals surface area contributed by atoms with Crippen molar-refractivity contribution in [1.82, 2.24) is 0 Å². The first-order chi connectivity index (χ1) is 8.00. The topological polar surface area (TPSA) is 0 Å². The van der Waals surface area contributed by atoms with Gasteiger partial charge >= 0.3 is 6.18 Å². The molecule has 0 aliphatic heterocycles. The van der Waals surface area contributed by atoms with Gasteiger partial charge in [-0.05, 0) is 17.2 Å². The Morgan fingerprint density at radius 1 is 0.765 bits per heavy atom. The van der Waals surface area contributed by atoms with Crippen LogP contribution in [0.1, 0.15) is 5.56 Å². The number of halogens is 4. The molecule has 0 saturated carbocycles. The lowest BCUT2D eigenvalue weighted by Gasteiger charge is -2.13. The average molecular weight is 240 g/mol. The molecule has 0 aromatic heterocycles. The number of alkyl halides is 3. The summed E-state index contributed by atoms with van der Waals surface area (Å²) in [7, 11) is 0. The van der Waals surface area contributed by atoms with E-state index in [2.05, 4.69) is 0 Å². The minimum Gasteiger partial charge on any atom is -0.206 e. The van der Waals surface area contributed by atoms with Crippen molar-refractivity contribution in [3.05, 3.63) is 59.9 Å². The molecular weight excluding hydrogens is 232 g/mol. The van der Waals surface area contributed by atoms with Crippen LogP contribution >= 0.6 is 0 Å². The summed E-state index contributed by atoms with van der Waals surface area (Å²) in [4.78, 5) is 0. The number of hydrogen-bond donors (Lipinski definition) is 0. The van der Waals surface area contributed by atoms with Crippen LogP contribution in [0.2, 0.25) is 0 Å². The van der Waals surface area contributed by atoms with E-state index in [4.69, 9.17) is 0 Å². The van der Waals surface area contributed by atoms with Gasteiger partial charge in [-0.15, -0.1) is 0 Å². The lowest BCUT2D eigenvalue weighted by atomic mass is 9.99. The van der Waals surface area contributed by atoms with E-state index < -0.39 is 17.6 Å². The number of benzene rings is 2. The van der Waals surface area contributed by atoms with Crippen molar-refractivity contribution in [3.8, 4) is 11.1 Å². The van der Waals surface area contributed by atoms with Gasteiger partial charge in [-0.1, -0.05) is 42.5 Å². The maximum absolute atomic E-state index is 13.3. The fraction of sp³-hybridized carbons (Fsp3) is 0.0769. The molecule has 0 fully saturated rings. The molecule has 0 heterocycles. The molecule has 17 heavy (non-hydrogen) atoms. The fourth-order valence-electron chi connectivity index (χ4n) is 1.67. The van der Waals surface area contributed by atoms with E-state index in [9.17, 15) is 17.6 Å². The normalized spacial score (nSPS) is 11.5. The van der Waals surface area contributed by atoms with Crippen LogP contribution in [0.15, 0.2) is 48.5 Å². The van der Waals surface area contributed by atoms with E-state index >= 15 is 0 Å². The predicted molar refractivity (Wildman–Crippen MR) is 56.8 cm³/mol. The summed E-state index contributed by atoms with van der Waals surface area (Å²) in [6, 6.07) is 11.3. The molecule has 0 aliphatic carbocycles. The summed E-state index contributed by atoms with van der Waals surface area (Å²) in [6.07, 6.45) is -4.70. The highest BCUT2D eigenvalue weighted by Crippen LogP contribution is 2.38. The lowest BCUT2D eigenvalue weighted by molar-refractivity contribution is -0.139. The Kier molecular flexibility index (Phi) is 2.88. The van der Waals surface area contributed by atoms with Crippen molar-refractivity contribution in [3.63, 3.8) is 0 Å². The molecule has 0 bridgehead atoms. The van der Waals surface area contributed by atoms with Crippen molar-refractivity contribution in [1.29, 1.82) is 0 Å². The molecule has 2 rings (SSSR count). The van der Waals surface area contributed by atoms with Gasteiger partial charge in [0, 0.05) is 0 Å². The molecule has 0 spiro atoms. The van der Waals surface area contributed by atoms with Gasteiger partial charge in [0.1, 0.15) is 5.82 Å². The van der Waals surface area contributed by atoms with E-state index in [1.165, 1.54) is 24.3 Å². The Morgan fingerprint density at radius 2 is 1.41 bits per heavy atom. The number of hydrogen-bond acceptors (Lipinski definition) is 0. The summed E-state index contributed by atoms with van der Waals surface area (Å²) in [5, 5.41) is 0. The third-order valence-corrected chi connectivity index (χ3v) is 2.38. The molecule has 0 atom stereocenters. The fourth-order valence-corrected chi connectivity index (χ4v) is 1.67. The van der Waals surface area contributed by atoms with E-state index in [1.807, 2.05) is 0 Å². The summed E-state index contributed by atoms with van der Waals surface area (Å²) in [5.41, 5.74) is -1.01. The molecule has 0 saturated heterocycles. The molecule has 0 amide bonds. The molecule has 2 aromatic carbocycles. The zero-order valence-electron chi connectivity index (χ0n) is 8.63. The highest BCUT2D eigenvalue weighted by Gasteiger charge is 2.36. The zero-order chi connectivity index (χ0) is 12.5. The smallest absolute Gasteiger partial charge is 0.206 e. The van der Waals surface area contributed by atoms with Crippen LogP contribution in [0, 0.1) is 5.82 Å². The second-order valence-electron chi connectivity index (χ2n) is 3.53. The third kappa shape index (κ3) is 2.30. The van der Waals surface area contributed by atoms with E-state index in [-0.39, 0.29) is 5.56 Å². The SMILES string of the molecule is Fc1cccc(-c2ccccc2)c1C(F)(F)F. The molecule has 0 N–H and O–H groups in total. The first-order valence-electron chi connectivity index (χ1n) is 4.91. The first kappa shape index (κ1) is 11.6. The van der Waals surface area contributed by atoms with E-state index in [0.29, 0.717) is 5.56 Å². The third-order valence-electron chi connectivity index (χ3n) is 2.38. The largest absolute Gasteiger partial charge is 0.419 e. The van der Waals surface area contributed by atoms with Gasteiger partial charge < -0.3 is 0 Å². The van der Waals surface area contributed by atoms with Crippen molar-refractivity contribution < 1.29 is 17.6 Å². The Balaban J connectivity index is 2.67. The summed E-state index contributed by atoms with van der Waals surface area (Å²) in [5.74, 6) is -1.25. The van der Waals surface area contributed by atoms with Crippen molar-refractivity contribution in [2.24, 2.45) is 0 Å². The standard InChI is InChI=1S/C13H8F4/c14-11-8-4-7-10(12(11)13(15,16)17)9-5-2-1-3-6-9/h1-8H. The summed E-state index contributed by atoms with van der Waals surface area (Å²) < 4.78 is 51.6. The Hall–Kier alpha value is -1.84. The van der Waals surface area contributed by atoms with Crippen LogP contribution in [-0.4, -0.2) is 0 Å². The van der Waals surface area contributed by atoms with Crippen molar-refractivity contribution in [2.45, 2.75) is 6.18 Å². The van der Waals surface area contributed by atoms with Gasteiger partial charge in [-0.25, -0.2) is 4.39 Å². The minimum absolute atomic E-state index is 0.141. The Morgan fingerprint density at radius 3 is 2.00 bits per heavy atom. The first-order valence-corrected chi connectivity index (χ1v) is 4.91. The molecule has 4 heteroatoms. The van der Waals surface area contributed by atoms with Crippen LogP contribution in [0.3, 0.4) is 0 Å². The summed E-state index contributed by atoms with van der Waals surface area (Å²) in [6.45, 7) is 0. The monoisotopic (exact) mass is 240 g/mol. The maximum Gasteiger partial charge on any atom is 0.419 e. The molecule has 0 radical (unpaired) electrons. The molecule has 0 unspecified atom stereocenters. The molecule has 0 aliphatic rings. The average Bonchev–Trinajstić information content (AvgIpc) is 2.28. The second-order valence-corrected chi connectivity index (χ2v) is 3.53. The van der Waals surface area contributed by atoms with E-state index in [0.717, 1.165) is 6.07 Å². The van der Waals surface area contributed by atoms with Gasteiger partial charge in [0.05, 0.1) is 5.56 Å². The van der Waals surface area contributed by atoms with Crippen LogP contribution in [0.4, 0.5) is 17.6 Å². The van der Waals surface area contributed by atoms with Gasteiger partial charge in [-0.3, -0.25) is 0 Å². The quantitative estimate of drug-likeness (QED) is 0.643. The molecule has 0 nitrogen and oxygen atoms in total. The van der Waals surface area contributed by atoms with Crippen molar-refractivity contribution in [2.75, 3.05) is 0 Å². The van der Waals surface area contributed by atoms with Crippen LogP contribution in [-0.2, 0) is 6.18 Å². The van der Waals surface area contributed by atoms with E-state index in [1.54, 1.807) is 18.2 Å². The van der Waals surface area contributed by atoms with Crippen LogP contribution in [0.25, 0.3) is 11.1 Å². The van der Waals surface area contributed by atoms with Gasteiger partial charge in [-0.2, -0.15) is 13.2 Å². The van der Waals surface area contributed by atoms with Gasteiger partial charge in [0.2, 0.25) is 0 Å². The number of rotatable bonds is 1. The zero-order valence-corrected chi connectivity index (χ0v) is 8.63. The molecule has 2 aromatic rings. The highest BCUT2D eigenvalue weighted by molar-refractivity contribution is 5.68. The van der Waals surface area contributed by atoms with Crippen molar-refractivity contribution >= 4 is 0 Å². The maximum atomic E-state index is 13.3.